The molecule has 9 heteroatoms. The number of anilines is 1. The predicted octanol–water partition coefficient (Wildman–Crippen LogP) is 3.34. The van der Waals surface area contributed by atoms with Gasteiger partial charge in [0.1, 0.15) is 0 Å². The second kappa shape index (κ2) is 10.3. The lowest BCUT2D eigenvalue weighted by atomic mass is 10.0. The second-order valence-corrected chi connectivity index (χ2v) is 9.91. The Bertz CT molecular complexity index is 1040. The molecule has 0 radical (unpaired) electrons. The fraction of sp³-hybridized carbons (Fsp3) is 0.364. The first kappa shape index (κ1) is 23.2. The number of carbonyl (C=O) groups is 2. The molecular formula is C22H26ClN3O4S. The molecule has 31 heavy (non-hydrogen) atoms. The largest absolute Gasteiger partial charge is 0.348 e. The number of rotatable bonds is 6. The van der Waals surface area contributed by atoms with Crippen LogP contribution in [-0.4, -0.2) is 43.7 Å². The van der Waals surface area contributed by atoms with Gasteiger partial charge in [0, 0.05) is 29.8 Å². The Hall–Kier alpha value is -2.42. The van der Waals surface area contributed by atoms with Crippen molar-refractivity contribution in [3.05, 3.63) is 59.1 Å². The van der Waals surface area contributed by atoms with E-state index in [0.717, 1.165) is 24.8 Å². The summed E-state index contributed by atoms with van der Waals surface area (Å²) in [5.74, 6) is -1.57. The zero-order valence-corrected chi connectivity index (χ0v) is 18.9. The maximum Gasteiger partial charge on any atom is 0.313 e. The van der Waals surface area contributed by atoms with Crippen LogP contribution >= 0.6 is 11.6 Å². The van der Waals surface area contributed by atoms with Crippen LogP contribution in [0.5, 0.6) is 0 Å². The summed E-state index contributed by atoms with van der Waals surface area (Å²) in [6.45, 7) is 2.56. The molecule has 1 unspecified atom stereocenters. The van der Waals surface area contributed by atoms with E-state index in [0.29, 0.717) is 23.7 Å². The van der Waals surface area contributed by atoms with Crippen LogP contribution in [0.1, 0.15) is 31.2 Å². The third kappa shape index (κ3) is 6.06. The van der Waals surface area contributed by atoms with Gasteiger partial charge in [0.25, 0.3) is 0 Å². The zero-order valence-electron chi connectivity index (χ0n) is 17.3. The Morgan fingerprint density at radius 3 is 2.55 bits per heavy atom. The van der Waals surface area contributed by atoms with Crippen LogP contribution in [0.4, 0.5) is 5.69 Å². The SMILES string of the molecule is Cc1ccc(S(=O)(=O)N2CCCCC2CCNC(=O)C(=O)Nc2cccc(Cl)c2)cc1. The topological polar surface area (TPSA) is 95.6 Å². The number of piperidine rings is 1. The number of hydrogen-bond donors (Lipinski definition) is 2. The van der Waals surface area contributed by atoms with Gasteiger partial charge in [0.2, 0.25) is 10.0 Å². The molecule has 1 atom stereocenters. The van der Waals surface area contributed by atoms with Gasteiger partial charge in [0.15, 0.2) is 0 Å². The number of hydrogen-bond acceptors (Lipinski definition) is 4. The molecule has 0 aromatic heterocycles. The smallest absolute Gasteiger partial charge is 0.313 e. The molecule has 0 saturated carbocycles. The standard InChI is InChI=1S/C22H26ClN3O4S/c1-16-8-10-20(11-9-16)31(29,30)26-14-3-2-7-19(26)12-13-24-21(27)22(28)25-18-6-4-5-17(23)15-18/h4-6,8-11,15,19H,2-3,7,12-14H2,1H3,(H,24,27)(H,25,28). The third-order valence-electron chi connectivity index (χ3n) is 5.25. The van der Waals surface area contributed by atoms with Crippen LogP contribution in [0.25, 0.3) is 0 Å². The van der Waals surface area contributed by atoms with E-state index in [1.54, 1.807) is 48.5 Å². The molecule has 0 spiro atoms. The number of carbonyl (C=O) groups excluding carboxylic acids is 2. The first-order chi connectivity index (χ1) is 14.8. The molecule has 2 N–H and O–H groups in total. The molecular weight excluding hydrogens is 438 g/mol. The van der Waals surface area contributed by atoms with E-state index in [1.807, 2.05) is 6.92 Å². The highest BCUT2D eigenvalue weighted by Gasteiger charge is 2.33. The summed E-state index contributed by atoms with van der Waals surface area (Å²) >= 11 is 5.87. The average molecular weight is 464 g/mol. The van der Waals surface area contributed by atoms with Crippen LogP contribution < -0.4 is 10.6 Å². The molecule has 1 aliphatic heterocycles. The zero-order chi connectivity index (χ0) is 22.4. The minimum atomic E-state index is -3.61. The Labute approximate surface area is 187 Å². The van der Waals surface area contributed by atoms with Crippen molar-refractivity contribution >= 4 is 39.1 Å². The quantitative estimate of drug-likeness (QED) is 0.642. The summed E-state index contributed by atoms with van der Waals surface area (Å²) in [5.41, 5.74) is 1.42. The summed E-state index contributed by atoms with van der Waals surface area (Å²) in [6.07, 6.45) is 2.88. The van der Waals surface area contributed by atoms with Crippen LogP contribution in [0.15, 0.2) is 53.4 Å². The third-order valence-corrected chi connectivity index (χ3v) is 7.45. The molecule has 1 saturated heterocycles. The number of nitrogens with zero attached hydrogens (tertiary/aromatic N) is 1. The molecule has 1 heterocycles. The van der Waals surface area contributed by atoms with Gasteiger partial charge in [-0.3, -0.25) is 9.59 Å². The lowest BCUT2D eigenvalue weighted by Crippen LogP contribution is -2.45. The van der Waals surface area contributed by atoms with E-state index in [4.69, 9.17) is 11.6 Å². The fourth-order valence-electron chi connectivity index (χ4n) is 3.61. The summed E-state index contributed by atoms with van der Waals surface area (Å²) in [7, 11) is -3.61. The number of amides is 2. The predicted molar refractivity (Wildman–Crippen MR) is 120 cm³/mol. The van der Waals surface area contributed by atoms with Gasteiger partial charge in [-0.2, -0.15) is 4.31 Å². The van der Waals surface area contributed by atoms with E-state index in [-0.39, 0.29) is 17.5 Å². The first-order valence-electron chi connectivity index (χ1n) is 10.2. The van der Waals surface area contributed by atoms with E-state index >= 15 is 0 Å². The van der Waals surface area contributed by atoms with E-state index in [2.05, 4.69) is 10.6 Å². The van der Waals surface area contributed by atoms with E-state index in [9.17, 15) is 18.0 Å². The van der Waals surface area contributed by atoms with Gasteiger partial charge < -0.3 is 10.6 Å². The van der Waals surface area contributed by atoms with Gasteiger partial charge in [-0.15, -0.1) is 0 Å². The molecule has 2 aromatic carbocycles. The van der Waals surface area contributed by atoms with Crippen LogP contribution in [-0.2, 0) is 19.6 Å². The molecule has 0 bridgehead atoms. The lowest BCUT2D eigenvalue weighted by Gasteiger charge is -2.34. The Morgan fingerprint density at radius 1 is 1.10 bits per heavy atom. The van der Waals surface area contributed by atoms with Gasteiger partial charge in [0.05, 0.1) is 4.90 Å². The van der Waals surface area contributed by atoms with Crippen molar-refractivity contribution in [2.75, 3.05) is 18.4 Å². The Balaban J connectivity index is 1.57. The highest BCUT2D eigenvalue weighted by molar-refractivity contribution is 7.89. The second-order valence-electron chi connectivity index (χ2n) is 7.59. The highest BCUT2D eigenvalue weighted by atomic mass is 35.5. The normalized spacial score (nSPS) is 17.2. The van der Waals surface area contributed by atoms with Gasteiger partial charge in [-0.05, 0) is 56.5 Å². The van der Waals surface area contributed by atoms with Gasteiger partial charge in [-0.1, -0.05) is 41.8 Å². The molecule has 2 aromatic rings. The number of aryl methyl sites for hydroxylation is 1. The maximum atomic E-state index is 13.1. The molecule has 1 fully saturated rings. The molecule has 0 aliphatic carbocycles. The summed E-state index contributed by atoms with van der Waals surface area (Å²) in [4.78, 5) is 24.5. The number of benzene rings is 2. The van der Waals surface area contributed by atoms with E-state index in [1.165, 1.54) is 4.31 Å². The van der Waals surface area contributed by atoms with Crippen molar-refractivity contribution < 1.29 is 18.0 Å². The summed E-state index contributed by atoms with van der Waals surface area (Å²) in [5, 5.41) is 5.52. The first-order valence-corrected chi connectivity index (χ1v) is 12.0. The highest BCUT2D eigenvalue weighted by Crippen LogP contribution is 2.27. The average Bonchev–Trinajstić information content (AvgIpc) is 2.74. The molecule has 166 valence electrons. The Morgan fingerprint density at radius 2 is 1.84 bits per heavy atom. The van der Waals surface area contributed by atoms with Crippen molar-refractivity contribution in [2.45, 2.75) is 43.5 Å². The van der Waals surface area contributed by atoms with Crippen LogP contribution in [0, 0.1) is 6.92 Å². The Kier molecular flexibility index (Phi) is 7.69. The molecule has 2 amide bonds. The molecule has 3 rings (SSSR count). The van der Waals surface area contributed by atoms with Gasteiger partial charge in [-0.25, -0.2) is 8.42 Å². The van der Waals surface area contributed by atoms with Crippen molar-refractivity contribution in [3.8, 4) is 0 Å². The van der Waals surface area contributed by atoms with E-state index < -0.39 is 21.8 Å². The lowest BCUT2D eigenvalue weighted by molar-refractivity contribution is -0.136. The van der Waals surface area contributed by atoms with Gasteiger partial charge >= 0.3 is 11.8 Å². The van der Waals surface area contributed by atoms with Crippen molar-refractivity contribution in [1.82, 2.24) is 9.62 Å². The van der Waals surface area contributed by atoms with Crippen LogP contribution in [0.3, 0.4) is 0 Å². The molecule has 1 aliphatic rings. The maximum absolute atomic E-state index is 13.1. The summed E-state index contributed by atoms with van der Waals surface area (Å²) < 4.78 is 27.7. The van der Waals surface area contributed by atoms with Crippen molar-refractivity contribution in [2.24, 2.45) is 0 Å². The van der Waals surface area contributed by atoms with Crippen LogP contribution in [0.2, 0.25) is 5.02 Å². The number of sulfonamides is 1. The minimum Gasteiger partial charge on any atom is -0.348 e. The fourth-order valence-corrected chi connectivity index (χ4v) is 5.53. The molecule has 7 nitrogen and oxygen atoms in total. The van der Waals surface area contributed by atoms with Crippen molar-refractivity contribution in [1.29, 1.82) is 0 Å². The van der Waals surface area contributed by atoms with Crippen molar-refractivity contribution in [3.63, 3.8) is 0 Å². The summed E-state index contributed by atoms with van der Waals surface area (Å²) in [6, 6.07) is 13.1. The minimum absolute atomic E-state index is 0.201. The monoisotopic (exact) mass is 463 g/mol. The number of halogens is 1. The number of nitrogens with one attached hydrogen (secondary N) is 2.